The van der Waals surface area contributed by atoms with Gasteiger partial charge in [-0.15, -0.1) is 0 Å². The van der Waals surface area contributed by atoms with Crippen molar-refractivity contribution in [2.24, 2.45) is 5.10 Å². The van der Waals surface area contributed by atoms with Gasteiger partial charge in [-0.2, -0.15) is 5.10 Å². The lowest BCUT2D eigenvalue weighted by Gasteiger charge is -2.10. The Morgan fingerprint density at radius 3 is 2.80 bits per heavy atom. The summed E-state index contributed by atoms with van der Waals surface area (Å²) in [6.07, 6.45) is 0.374. The van der Waals surface area contributed by atoms with Gasteiger partial charge in [0.25, 0.3) is 5.91 Å². The number of carbonyl (C=O) groups is 3. The fourth-order valence-corrected chi connectivity index (χ4v) is 0.860. The molecular formula is C7H9N3O5. The number of nitrogens with one attached hydrogen (secondary N) is 2. The van der Waals surface area contributed by atoms with Crippen LogP contribution in [0.1, 0.15) is 12.8 Å². The molecule has 0 atom stereocenters. The normalized spacial score (nSPS) is 15.2. The molecule has 15 heavy (non-hydrogen) atoms. The molecule has 3 N–H and O–H groups in total. The maximum absolute atomic E-state index is 11.2. The van der Waals surface area contributed by atoms with E-state index in [4.69, 9.17) is 5.11 Å². The number of hydrogen-bond acceptors (Lipinski definition) is 5. The van der Waals surface area contributed by atoms with Crippen LogP contribution in [-0.4, -0.2) is 35.2 Å². The maximum atomic E-state index is 11.2. The van der Waals surface area contributed by atoms with Gasteiger partial charge in [0, 0.05) is 12.8 Å². The number of carboxylic acid groups (broad SMARTS) is 1. The van der Waals surface area contributed by atoms with Gasteiger partial charge in [0.2, 0.25) is 5.91 Å². The predicted molar refractivity (Wildman–Crippen MR) is 46.5 cm³/mol. The highest BCUT2D eigenvalue weighted by molar-refractivity contribution is 6.39. The van der Waals surface area contributed by atoms with Crippen molar-refractivity contribution in [2.45, 2.75) is 12.8 Å². The van der Waals surface area contributed by atoms with Crippen LogP contribution in [0.2, 0.25) is 0 Å². The van der Waals surface area contributed by atoms with E-state index in [0.717, 1.165) is 0 Å². The van der Waals surface area contributed by atoms with Crippen LogP contribution in [0.5, 0.6) is 0 Å². The number of hydrazone groups is 1. The van der Waals surface area contributed by atoms with Crippen molar-refractivity contribution in [3.8, 4) is 0 Å². The number of amides is 2. The highest BCUT2D eigenvalue weighted by Gasteiger charge is 2.18. The van der Waals surface area contributed by atoms with Crippen molar-refractivity contribution in [1.29, 1.82) is 0 Å². The summed E-state index contributed by atoms with van der Waals surface area (Å²) in [5.41, 5.74) is 4.12. The molecule has 2 amide bonds. The van der Waals surface area contributed by atoms with E-state index in [0.29, 0.717) is 0 Å². The maximum Gasteiger partial charge on any atom is 0.332 e. The second kappa shape index (κ2) is 5.05. The van der Waals surface area contributed by atoms with Crippen LogP contribution in [0.3, 0.4) is 0 Å². The van der Waals surface area contributed by atoms with E-state index >= 15 is 0 Å². The summed E-state index contributed by atoms with van der Waals surface area (Å²) < 4.78 is 0. The molecule has 0 saturated heterocycles. The van der Waals surface area contributed by atoms with Crippen LogP contribution in [0.25, 0.3) is 0 Å². The Morgan fingerprint density at radius 1 is 1.53 bits per heavy atom. The molecule has 0 unspecified atom stereocenters. The lowest BCUT2D eigenvalue weighted by Crippen LogP contribution is -2.37. The Hall–Kier alpha value is -1.96. The Bertz CT molecular complexity index is 325. The monoisotopic (exact) mass is 215 g/mol. The number of nitrogens with zero attached hydrogens (tertiary/aromatic N) is 1. The molecule has 0 aliphatic carbocycles. The van der Waals surface area contributed by atoms with Gasteiger partial charge in [-0.05, 0) is 0 Å². The summed E-state index contributed by atoms with van der Waals surface area (Å²) >= 11 is 0. The fourth-order valence-electron chi connectivity index (χ4n) is 0.860. The first kappa shape index (κ1) is 11.1. The first-order valence-electron chi connectivity index (χ1n) is 4.09. The smallest absolute Gasteiger partial charge is 0.332 e. The average molecular weight is 215 g/mol. The highest BCUT2D eigenvalue weighted by Crippen LogP contribution is 1.99. The summed E-state index contributed by atoms with van der Waals surface area (Å²) in [7, 11) is 0. The molecule has 82 valence electrons. The molecule has 8 heteroatoms. The van der Waals surface area contributed by atoms with E-state index < -0.39 is 18.5 Å². The van der Waals surface area contributed by atoms with Gasteiger partial charge in [-0.1, -0.05) is 0 Å². The molecule has 1 aliphatic heterocycles. The lowest BCUT2D eigenvalue weighted by molar-refractivity contribution is -0.147. The van der Waals surface area contributed by atoms with Crippen molar-refractivity contribution in [3.05, 3.63) is 0 Å². The summed E-state index contributed by atoms with van der Waals surface area (Å²) in [5, 5.41) is 11.7. The van der Waals surface area contributed by atoms with Gasteiger partial charge in [0.1, 0.15) is 5.71 Å². The fraction of sp³-hybridized carbons (Fsp3) is 0.429. The van der Waals surface area contributed by atoms with Gasteiger partial charge >= 0.3 is 5.97 Å². The number of hydrogen-bond donors (Lipinski definition) is 3. The Morgan fingerprint density at radius 2 is 2.27 bits per heavy atom. The van der Waals surface area contributed by atoms with E-state index in [1.54, 1.807) is 0 Å². The minimum atomic E-state index is -1.20. The van der Waals surface area contributed by atoms with Gasteiger partial charge in [-0.3, -0.25) is 14.4 Å². The molecule has 0 saturated carbocycles. The summed E-state index contributed by atoms with van der Waals surface area (Å²) in [4.78, 5) is 36.2. The largest absolute Gasteiger partial charge is 0.479 e. The second-order valence-electron chi connectivity index (χ2n) is 2.71. The zero-order valence-corrected chi connectivity index (χ0v) is 7.65. The first-order valence-corrected chi connectivity index (χ1v) is 4.09. The number of hydroxylamine groups is 1. The third-order valence-corrected chi connectivity index (χ3v) is 1.53. The second-order valence-corrected chi connectivity index (χ2v) is 2.71. The van der Waals surface area contributed by atoms with E-state index in [1.165, 1.54) is 0 Å². The van der Waals surface area contributed by atoms with Crippen LogP contribution in [0, 0.1) is 0 Å². The van der Waals surface area contributed by atoms with Crippen LogP contribution >= 0.6 is 0 Å². The van der Waals surface area contributed by atoms with Gasteiger partial charge in [0.15, 0.2) is 6.61 Å². The minimum Gasteiger partial charge on any atom is -0.479 e. The lowest BCUT2D eigenvalue weighted by atomic mass is 10.2. The first-order chi connectivity index (χ1) is 7.09. The SMILES string of the molecule is O=C(O)CONC(=O)C1=NNC(=O)CC1. The van der Waals surface area contributed by atoms with Crippen LogP contribution in [-0.2, 0) is 19.2 Å². The van der Waals surface area contributed by atoms with Gasteiger partial charge in [0.05, 0.1) is 0 Å². The number of aliphatic carboxylic acids is 1. The Balaban J connectivity index is 2.34. The number of rotatable bonds is 4. The number of carbonyl (C=O) groups excluding carboxylic acids is 2. The van der Waals surface area contributed by atoms with E-state index in [-0.39, 0.29) is 24.5 Å². The molecule has 0 radical (unpaired) electrons. The molecule has 1 rings (SSSR count). The van der Waals surface area contributed by atoms with Crippen LogP contribution < -0.4 is 10.9 Å². The van der Waals surface area contributed by atoms with Crippen LogP contribution in [0.15, 0.2) is 5.10 Å². The molecular weight excluding hydrogens is 206 g/mol. The molecule has 1 aliphatic rings. The molecule has 0 fully saturated rings. The molecule has 0 spiro atoms. The summed E-state index contributed by atoms with van der Waals surface area (Å²) in [6.45, 7) is -0.634. The number of carboxylic acids is 1. The van der Waals surface area contributed by atoms with Crippen molar-refractivity contribution < 1.29 is 24.3 Å². The van der Waals surface area contributed by atoms with Gasteiger partial charge in [-0.25, -0.2) is 15.7 Å². The summed E-state index contributed by atoms with van der Waals surface area (Å²) in [6, 6.07) is 0. The molecule has 8 nitrogen and oxygen atoms in total. The third-order valence-electron chi connectivity index (χ3n) is 1.53. The minimum absolute atomic E-state index is 0.0972. The summed E-state index contributed by atoms with van der Waals surface area (Å²) in [5.74, 6) is -2.12. The zero-order valence-electron chi connectivity index (χ0n) is 7.65. The van der Waals surface area contributed by atoms with E-state index in [9.17, 15) is 14.4 Å². The molecule has 0 bridgehead atoms. The van der Waals surface area contributed by atoms with Crippen molar-refractivity contribution in [1.82, 2.24) is 10.9 Å². The Labute approximate surface area is 84.2 Å². The third kappa shape index (κ3) is 3.73. The standard InChI is InChI=1S/C7H9N3O5/c11-5-2-1-4(8-9-5)7(14)10-15-3-6(12)13/h1-3H2,(H,9,11)(H,10,14)(H,12,13). The van der Waals surface area contributed by atoms with Crippen LogP contribution in [0.4, 0.5) is 0 Å². The van der Waals surface area contributed by atoms with Crippen molar-refractivity contribution >= 4 is 23.5 Å². The van der Waals surface area contributed by atoms with Crippen molar-refractivity contribution in [3.63, 3.8) is 0 Å². The average Bonchev–Trinajstić information content (AvgIpc) is 2.18. The predicted octanol–water partition coefficient (Wildman–Crippen LogP) is -1.62. The van der Waals surface area contributed by atoms with Crippen molar-refractivity contribution in [2.75, 3.05) is 6.61 Å². The molecule has 0 aromatic rings. The Kier molecular flexibility index (Phi) is 3.75. The molecule has 0 aromatic heterocycles. The van der Waals surface area contributed by atoms with E-state index in [1.807, 2.05) is 5.48 Å². The molecule has 1 heterocycles. The highest BCUT2D eigenvalue weighted by atomic mass is 16.7. The molecule has 0 aromatic carbocycles. The quantitative estimate of drug-likeness (QED) is 0.487. The van der Waals surface area contributed by atoms with Gasteiger partial charge < -0.3 is 5.11 Å². The zero-order chi connectivity index (χ0) is 11.3. The van der Waals surface area contributed by atoms with E-state index in [2.05, 4.69) is 15.4 Å². The topological polar surface area (TPSA) is 117 Å².